The molecule has 1 aromatic carbocycles. The van der Waals surface area contributed by atoms with Crippen LogP contribution in [0.4, 0.5) is 0 Å². The molecular formula is C15H20N2O. The average molecular weight is 244 g/mol. The van der Waals surface area contributed by atoms with Gasteiger partial charge in [-0.2, -0.15) is 0 Å². The fourth-order valence-electron chi connectivity index (χ4n) is 2.31. The molecule has 0 atom stereocenters. The van der Waals surface area contributed by atoms with Crippen molar-refractivity contribution in [3.05, 3.63) is 45.7 Å². The van der Waals surface area contributed by atoms with Crippen LogP contribution in [0.25, 0.3) is 10.9 Å². The molecule has 0 fully saturated rings. The second kappa shape index (κ2) is 5.36. The Labute approximate surface area is 107 Å². The first-order valence-corrected chi connectivity index (χ1v) is 6.43. The number of fused-ring (bicyclic) bond motifs is 1. The van der Waals surface area contributed by atoms with Gasteiger partial charge in [-0.15, -0.1) is 0 Å². The summed E-state index contributed by atoms with van der Waals surface area (Å²) in [5.41, 5.74) is 8.70. The van der Waals surface area contributed by atoms with Crippen LogP contribution in [-0.4, -0.2) is 11.1 Å². The van der Waals surface area contributed by atoms with E-state index < -0.39 is 0 Å². The summed E-state index contributed by atoms with van der Waals surface area (Å²) >= 11 is 0. The third-order valence-electron chi connectivity index (χ3n) is 3.35. The van der Waals surface area contributed by atoms with Gasteiger partial charge in [0.2, 0.25) is 0 Å². The monoisotopic (exact) mass is 244 g/mol. The minimum atomic E-state index is 0.114. The Morgan fingerprint density at radius 3 is 2.72 bits per heavy atom. The highest BCUT2D eigenvalue weighted by Gasteiger charge is 2.06. The smallest absolute Gasteiger partial charge is 0.253 e. The Balaban J connectivity index is 2.48. The molecule has 3 heteroatoms. The van der Waals surface area contributed by atoms with E-state index in [2.05, 4.69) is 13.0 Å². The van der Waals surface area contributed by atoms with Crippen LogP contribution in [0.15, 0.2) is 29.1 Å². The normalized spacial score (nSPS) is 11.1. The largest absolute Gasteiger partial charge is 0.330 e. The van der Waals surface area contributed by atoms with Gasteiger partial charge in [0.05, 0.1) is 5.52 Å². The summed E-state index contributed by atoms with van der Waals surface area (Å²) in [6.07, 6.45) is 2.76. The number of nitrogens with two attached hydrogens (primary N) is 1. The quantitative estimate of drug-likeness (QED) is 0.838. The lowest BCUT2D eigenvalue weighted by Crippen LogP contribution is -2.21. The molecule has 2 rings (SSSR count). The van der Waals surface area contributed by atoms with Crippen LogP contribution in [0.3, 0.4) is 0 Å². The molecule has 18 heavy (non-hydrogen) atoms. The Hall–Kier alpha value is -1.61. The highest BCUT2D eigenvalue weighted by molar-refractivity contribution is 5.80. The fourth-order valence-corrected chi connectivity index (χ4v) is 2.31. The van der Waals surface area contributed by atoms with Gasteiger partial charge in [-0.1, -0.05) is 11.6 Å². The summed E-state index contributed by atoms with van der Waals surface area (Å²) in [6.45, 7) is 2.76. The van der Waals surface area contributed by atoms with Gasteiger partial charge in [0, 0.05) is 12.6 Å². The highest BCUT2D eigenvalue weighted by atomic mass is 16.1. The average Bonchev–Trinajstić information content (AvgIpc) is 2.35. The molecule has 2 aromatic rings. The molecule has 3 nitrogen and oxygen atoms in total. The third-order valence-corrected chi connectivity index (χ3v) is 3.35. The summed E-state index contributed by atoms with van der Waals surface area (Å²) in [5, 5.41) is 1.14. The zero-order valence-corrected chi connectivity index (χ0v) is 11.1. The van der Waals surface area contributed by atoms with Crippen molar-refractivity contribution in [2.45, 2.75) is 26.2 Å². The fraction of sp³-hybridized carbons (Fsp3) is 0.400. The van der Waals surface area contributed by atoms with Crippen molar-refractivity contribution in [1.29, 1.82) is 0 Å². The molecule has 0 aliphatic carbocycles. The lowest BCUT2D eigenvalue weighted by Gasteiger charge is -2.09. The Kier molecular flexibility index (Phi) is 3.82. The van der Waals surface area contributed by atoms with Crippen molar-refractivity contribution in [2.75, 3.05) is 6.54 Å². The lowest BCUT2D eigenvalue weighted by molar-refractivity contribution is 0.732. The molecule has 0 aliphatic rings. The summed E-state index contributed by atoms with van der Waals surface area (Å²) in [6, 6.07) is 8.20. The van der Waals surface area contributed by atoms with Gasteiger partial charge in [-0.3, -0.25) is 4.79 Å². The van der Waals surface area contributed by atoms with Crippen LogP contribution in [0.2, 0.25) is 0 Å². The number of rotatable bonds is 4. The molecular weight excluding hydrogens is 224 g/mol. The molecule has 0 aliphatic heterocycles. The van der Waals surface area contributed by atoms with Crippen molar-refractivity contribution in [1.82, 2.24) is 4.57 Å². The van der Waals surface area contributed by atoms with Gasteiger partial charge in [0.1, 0.15) is 0 Å². The van der Waals surface area contributed by atoms with E-state index in [1.807, 2.05) is 25.2 Å². The molecule has 0 saturated heterocycles. The number of aromatic nitrogens is 1. The van der Waals surface area contributed by atoms with E-state index in [0.717, 1.165) is 35.7 Å². The number of nitrogens with zero attached hydrogens (tertiary/aromatic N) is 1. The maximum Gasteiger partial charge on any atom is 0.253 e. The predicted octanol–water partition coefficient (Wildman–Crippen LogP) is 2.13. The molecule has 1 heterocycles. The second-order valence-corrected chi connectivity index (χ2v) is 4.84. The first kappa shape index (κ1) is 12.8. The van der Waals surface area contributed by atoms with E-state index in [0.29, 0.717) is 6.54 Å². The van der Waals surface area contributed by atoms with Crippen LogP contribution >= 0.6 is 0 Å². The van der Waals surface area contributed by atoms with E-state index in [4.69, 9.17) is 5.73 Å². The standard InChI is InChI=1S/C15H20N2O/c1-11-6-7-14-13(9-11)10-12(5-3-4-8-16)15(18)17(14)2/h6-7,9-10H,3-5,8,16H2,1-2H3. The van der Waals surface area contributed by atoms with E-state index >= 15 is 0 Å². The molecule has 1 aromatic heterocycles. The topological polar surface area (TPSA) is 48.0 Å². The van der Waals surface area contributed by atoms with E-state index in [9.17, 15) is 4.79 Å². The van der Waals surface area contributed by atoms with Crippen molar-refractivity contribution in [2.24, 2.45) is 12.8 Å². The van der Waals surface area contributed by atoms with Gasteiger partial charge < -0.3 is 10.3 Å². The molecule has 96 valence electrons. The molecule has 0 amide bonds. The summed E-state index contributed by atoms with van der Waals surface area (Å²) in [5.74, 6) is 0. The lowest BCUT2D eigenvalue weighted by atomic mass is 10.1. The number of aryl methyl sites for hydroxylation is 3. The zero-order chi connectivity index (χ0) is 13.1. The van der Waals surface area contributed by atoms with E-state index in [1.165, 1.54) is 5.56 Å². The van der Waals surface area contributed by atoms with E-state index in [-0.39, 0.29) is 5.56 Å². The number of unbranched alkanes of at least 4 members (excludes halogenated alkanes) is 1. The Morgan fingerprint density at radius 1 is 1.22 bits per heavy atom. The molecule has 0 radical (unpaired) electrons. The molecule has 0 spiro atoms. The van der Waals surface area contributed by atoms with Crippen LogP contribution in [0.5, 0.6) is 0 Å². The van der Waals surface area contributed by atoms with Crippen molar-refractivity contribution in [3.8, 4) is 0 Å². The first-order chi connectivity index (χ1) is 8.63. The number of benzene rings is 1. The van der Waals surface area contributed by atoms with E-state index in [1.54, 1.807) is 4.57 Å². The SMILES string of the molecule is Cc1ccc2c(c1)cc(CCCCN)c(=O)n2C. The third kappa shape index (κ3) is 2.46. The first-order valence-electron chi connectivity index (χ1n) is 6.43. The number of pyridine rings is 1. The summed E-state index contributed by atoms with van der Waals surface area (Å²) < 4.78 is 1.74. The Morgan fingerprint density at radius 2 is 2.00 bits per heavy atom. The van der Waals surface area contributed by atoms with Gasteiger partial charge >= 0.3 is 0 Å². The molecule has 0 bridgehead atoms. The number of hydrogen-bond acceptors (Lipinski definition) is 2. The minimum Gasteiger partial charge on any atom is -0.330 e. The van der Waals surface area contributed by atoms with Gasteiger partial charge in [0.25, 0.3) is 5.56 Å². The molecule has 2 N–H and O–H groups in total. The van der Waals surface area contributed by atoms with Crippen LogP contribution < -0.4 is 11.3 Å². The highest BCUT2D eigenvalue weighted by Crippen LogP contribution is 2.15. The van der Waals surface area contributed by atoms with Crippen molar-refractivity contribution >= 4 is 10.9 Å². The molecule has 0 saturated carbocycles. The molecule has 0 unspecified atom stereocenters. The minimum absolute atomic E-state index is 0.114. The number of hydrogen-bond donors (Lipinski definition) is 1. The maximum absolute atomic E-state index is 12.2. The van der Waals surface area contributed by atoms with Gasteiger partial charge in [-0.05, 0) is 56.3 Å². The second-order valence-electron chi connectivity index (χ2n) is 4.84. The van der Waals surface area contributed by atoms with Crippen LogP contribution in [0, 0.1) is 6.92 Å². The van der Waals surface area contributed by atoms with Gasteiger partial charge in [-0.25, -0.2) is 0 Å². The zero-order valence-electron chi connectivity index (χ0n) is 11.1. The summed E-state index contributed by atoms with van der Waals surface area (Å²) in [7, 11) is 1.84. The van der Waals surface area contributed by atoms with Crippen LogP contribution in [-0.2, 0) is 13.5 Å². The van der Waals surface area contributed by atoms with Crippen LogP contribution in [0.1, 0.15) is 24.0 Å². The van der Waals surface area contributed by atoms with Crippen molar-refractivity contribution in [3.63, 3.8) is 0 Å². The van der Waals surface area contributed by atoms with Gasteiger partial charge in [0.15, 0.2) is 0 Å². The predicted molar refractivity (Wildman–Crippen MR) is 75.9 cm³/mol. The summed E-state index contributed by atoms with van der Waals surface area (Å²) in [4.78, 5) is 12.2. The maximum atomic E-state index is 12.2. The van der Waals surface area contributed by atoms with Crippen molar-refractivity contribution < 1.29 is 0 Å². The Bertz CT molecular complexity index is 614.